The molecule has 2 amide bonds. The number of anilines is 1. The van der Waals surface area contributed by atoms with Gasteiger partial charge in [0, 0.05) is 29.9 Å². The summed E-state index contributed by atoms with van der Waals surface area (Å²) in [5.41, 5.74) is -1.01. The highest BCUT2D eigenvalue weighted by Gasteiger charge is 2.34. The molecule has 1 saturated carbocycles. The first-order valence-electron chi connectivity index (χ1n) is 11.5. The van der Waals surface area contributed by atoms with Crippen LogP contribution < -0.4 is 15.4 Å². The highest BCUT2D eigenvalue weighted by molar-refractivity contribution is 6.03. The second kappa shape index (κ2) is 11.7. The number of rotatable bonds is 9. The van der Waals surface area contributed by atoms with Gasteiger partial charge in [0.25, 0.3) is 0 Å². The molecule has 0 heterocycles. The molecular formula is C24H36F3N3O3. The smallest absolute Gasteiger partial charge is 0.416 e. The van der Waals surface area contributed by atoms with E-state index >= 15 is 0 Å². The lowest BCUT2D eigenvalue weighted by atomic mass is 9.78. The van der Waals surface area contributed by atoms with E-state index in [1.165, 1.54) is 13.2 Å². The number of amides is 2. The van der Waals surface area contributed by atoms with Gasteiger partial charge in [0.05, 0.1) is 12.7 Å². The fourth-order valence-corrected chi connectivity index (χ4v) is 4.47. The van der Waals surface area contributed by atoms with Gasteiger partial charge in [0.2, 0.25) is 11.8 Å². The minimum atomic E-state index is -4.58. The maximum absolute atomic E-state index is 13.1. The van der Waals surface area contributed by atoms with E-state index in [1.54, 1.807) is 0 Å². The second-order valence-electron chi connectivity index (χ2n) is 9.12. The zero-order valence-corrected chi connectivity index (χ0v) is 20.1. The Morgan fingerprint density at radius 2 is 1.88 bits per heavy atom. The predicted octanol–water partition coefficient (Wildman–Crippen LogP) is 4.84. The first-order chi connectivity index (χ1) is 15.4. The zero-order chi connectivity index (χ0) is 24.8. The van der Waals surface area contributed by atoms with Crippen LogP contribution in [0.2, 0.25) is 0 Å². The minimum Gasteiger partial charge on any atom is -0.497 e. The van der Waals surface area contributed by atoms with E-state index in [9.17, 15) is 22.8 Å². The van der Waals surface area contributed by atoms with Crippen molar-refractivity contribution in [3.63, 3.8) is 0 Å². The SMILES string of the molecule is CCC[C@H]1C[C@H](N(C)C(C)C)CC[C@@H]1NC(=O)CC(=O)Nc1cc(OC)cc(C(F)(F)F)c1. The third-order valence-electron chi connectivity index (χ3n) is 6.43. The van der Waals surface area contributed by atoms with Crippen LogP contribution in [0.3, 0.4) is 0 Å². The summed E-state index contributed by atoms with van der Waals surface area (Å²) in [6.07, 6.45) is -0.244. The van der Waals surface area contributed by atoms with Gasteiger partial charge in [0.1, 0.15) is 12.2 Å². The molecule has 0 unspecified atom stereocenters. The molecule has 1 aromatic rings. The van der Waals surface area contributed by atoms with Crippen molar-refractivity contribution in [2.75, 3.05) is 19.5 Å². The maximum Gasteiger partial charge on any atom is 0.416 e. The number of hydrogen-bond donors (Lipinski definition) is 2. The average Bonchev–Trinajstić information content (AvgIpc) is 2.73. The summed E-state index contributed by atoms with van der Waals surface area (Å²) in [5, 5.41) is 5.38. The maximum atomic E-state index is 13.1. The van der Waals surface area contributed by atoms with E-state index in [-0.39, 0.29) is 17.5 Å². The van der Waals surface area contributed by atoms with Crippen LogP contribution in [0, 0.1) is 5.92 Å². The first-order valence-corrected chi connectivity index (χ1v) is 11.5. The molecule has 6 nitrogen and oxygen atoms in total. The van der Waals surface area contributed by atoms with E-state index in [2.05, 4.69) is 43.4 Å². The van der Waals surface area contributed by atoms with Crippen molar-refractivity contribution in [2.24, 2.45) is 5.92 Å². The van der Waals surface area contributed by atoms with Crippen molar-refractivity contribution in [1.82, 2.24) is 10.2 Å². The number of halogens is 3. The van der Waals surface area contributed by atoms with Crippen LogP contribution >= 0.6 is 0 Å². The predicted molar refractivity (Wildman–Crippen MR) is 122 cm³/mol. The first kappa shape index (κ1) is 27.0. The topological polar surface area (TPSA) is 70.7 Å². The normalized spacial score (nSPS) is 21.2. The monoisotopic (exact) mass is 471 g/mol. The number of benzene rings is 1. The van der Waals surface area contributed by atoms with Gasteiger partial charge < -0.3 is 20.3 Å². The number of carbonyl (C=O) groups is 2. The van der Waals surface area contributed by atoms with Crippen molar-refractivity contribution in [3.05, 3.63) is 23.8 Å². The van der Waals surface area contributed by atoms with E-state index in [0.29, 0.717) is 18.0 Å². The average molecular weight is 472 g/mol. The Morgan fingerprint density at radius 3 is 2.45 bits per heavy atom. The summed E-state index contributed by atoms with van der Waals surface area (Å²) < 4.78 is 44.1. The molecule has 0 bridgehead atoms. The van der Waals surface area contributed by atoms with Crippen LogP contribution in [0.5, 0.6) is 5.75 Å². The van der Waals surface area contributed by atoms with E-state index in [0.717, 1.165) is 44.2 Å². The van der Waals surface area contributed by atoms with E-state index < -0.39 is 30.0 Å². The third kappa shape index (κ3) is 7.91. The van der Waals surface area contributed by atoms with Gasteiger partial charge in [-0.05, 0) is 64.6 Å². The molecule has 1 aromatic carbocycles. The minimum absolute atomic E-state index is 0.00397. The van der Waals surface area contributed by atoms with Gasteiger partial charge in [-0.2, -0.15) is 13.2 Å². The van der Waals surface area contributed by atoms with Crippen LogP contribution in [-0.4, -0.2) is 49.0 Å². The number of nitrogens with zero attached hydrogens (tertiary/aromatic N) is 1. The van der Waals surface area contributed by atoms with Crippen molar-refractivity contribution in [1.29, 1.82) is 0 Å². The van der Waals surface area contributed by atoms with Crippen LogP contribution in [0.25, 0.3) is 0 Å². The molecule has 1 aliphatic rings. The number of methoxy groups -OCH3 is 1. The lowest BCUT2D eigenvalue weighted by molar-refractivity contribution is -0.137. The Hall–Kier alpha value is -2.29. The van der Waals surface area contributed by atoms with Gasteiger partial charge in [-0.15, -0.1) is 0 Å². The Kier molecular flexibility index (Phi) is 9.57. The molecular weight excluding hydrogens is 435 g/mol. The summed E-state index contributed by atoms with van der Waals surface area (Å²) in [7, 11) is 3.37. The fraction of sp³-hybridized carbons (Fsp3) is 0.667. The molecule has 1 aliphatic carbocycles. The molecule has 0 saturated heterocycles. The van der Waals surface area contributed by atoms with Crippen molar-refractivity contribution in [3.8, 4) is 5.75 Å². The highest BCUT2D eigenvalue weighted by atomic mass is 19.4. The summed E-state index contributed by atoms with van der Waals surface area (Å²) in [6, 6.07) is 3.87. The van der Waals surface area contributed by atoms with Crippen LogP contribution in [0.4, 0.5) is 18.9 Å². The van der Waals surface area contributed by atoms with Crippen molar-refractivity contribution in [2.45, 2.75) is 83.6 Å². The fourth-order valence-electron chi connectivity index (χ4n) is 4.47. The molecule has 1 fully saturated rings. The molecule has 186 valence electrons. The third-order valence-corrected chi connectivity index (χ3v) is 6.43. The highest BCUT2D eigenvalue weighted by Crippen LogP contribution is 2.34. The Labute approximate surface area is 194 Å². The Morgan fingerprint density at radius 1 is 1.18 bits per heavy atom. The van der Waals surface area contributed by atoms with E-state index in [1.807, 2.05) is 0 Å². The lowest BCUT2D eigenvalue weighted by Gasteiger charge is -2.41. The van der Waals surface area contributed by atoms with Crippen molar-refractivity contribution < 1.29 is 27.5 Å². The lowest BCUT2D eigenvalue weighted by Crippen LogP contribution is -2.49. The largest absolute Gasteiger partial charge is 0.497 e. The Balaban J connectivity index is 1.98. The number of nitrogens with one attached hydrogen (secondary N) is 2. The summed E-state index contributed by atoms with van der Waals surface area (Å²) in [4.78, 5) is 27.3. The summed E-state index contributed by atoms with van der Waals surface area (Å²) in [6.45, 7) is 6.45. The van der Waals surface area contributed by atoms with E-state index in [4.69, 9.17) is 4.74 Å². The molecule has 0 aromatic heterocycles. The molecule has 2 rings (SSSR count). The molecule has 3 atom stereocenters. The summed E-state index contributed by atoms with van der Waals surface area (Å²) >= 11 is 0. The zero-order valence-electron chi connectivity index (χ0n) is 20.1. The van der Waals surface area contributed by atoms with Crippen LogP contribution in [-0.2, 0) is 15.8 Å². The molecule has 0 spiro atoms. The van der Waals surface area contributed by atoms with Gasteiger partial charge in [-0.3, -0.25) is 9.59 Å². The molecule has 0 aliphatic heterocycles. The van der Waals surface area contributed by atoms with Crippen LogP contribution in [0.15, 0.2) is 18.2 Å². The number of alkyl halides is 3. The van der Waals surface area contributed by atoms with Gasteiger partial charge in [0.15, 0.2) is 0 Å². The quantitative estimate of drug-likeness (QED) is 0.506. The second-order valence-corrected chi connectivity index (χ2v) is 9.12. The number of hydrogen-bond acceptors (Lipinski definition) is 4. The number of carbonyl (C=O) groups excluding carboxylic acids is 2. The molecule has 33 heavy (non-hydrogen) atoms. The molecule has 0 radical (unpaired) electrons. The van der Waals surface area contributed by atoms with Crippen LogP contribution in [0.1, 0.15) is 64.9 Å². The molecule has 2 N–H and O–H groups in total. The van der Waals surface area contributed by atoms with Gasteiger partial charge >= 0.3 is 6.18 Å². The standard InChI is InChI=1S/C24H36F3N3O3/c1-6-7-16-10-19(30(4)15(2)3)8-9-21(16)29-23(32)14-22(31)28-18-11-17(24(25,26)27)12-20(13-18)33-5/h11-13,15-16,19,21H,6-10,14H2,1-5H3,(H,28,31)(H,29,32)/t16-,19+,21-/m0/s1. The number of ether oxygens (including phenoxy) is 1. The van der Waals surface area contributed by atoms with Gasteiger partial charge in [-0.25, -0.2) is 0 Å². The Bertz CT molecular complexity index is 814. The van der Waals surface area contributed by atoms with Crippen molar-refractivity contribution >= 4 is 17.5 Å². The molecule has 9 heteroatoms. The van der Waals surface area contributed by atoms with Gasteiger partial charge in [-0.1, -0.05) is 13.3 Å². The summed E-state index contributed by atoms with van der Waals surface area (Å²) in [5.74, 6) is -0.799.